The van der Waals surface area contributed by atoms with E-state index < -0.39 is 0 Å². The zero-order valence-electron chi connectivity index (χ0n) is 27.5. The van der Waals surface area contributed by atoms with Crippen LogP contribution in [0, 0.1) is 0 Å². The van der Waals surface area contributed by atoms with Gasteiger partial charge in [0.2, 0.25) is 0 Å². The lowest BCUT2D eigenvalue weighted by molar-refractivity contribution is 1.18. The number of aromatic nitrogens is 3. The van der Waals surface area contributed by atoms with E-state index in [1.165, 1.54) is 30.9 Å². The Labute approximate surface area is 299 Å². The maximum Gasteiger partial charge on any atom is 0.160 e. The van der Waals surface area contributed by atoms with Crippen LogP contribution in [0.1, 0.15) is 0 Å². The molecule has 0 radical (unpaired) electrons. The van der Waals surface area contributed by atoms with Crippen LogP contribution in [0.5, 0.6) is 0 Å². The largest absolute Gasteiger partial charge is 0.247 e. The van der Waals surface area contributed by atoms with Gasteiger partial charge in [0.1, 0.15) is 0 Å². The van der Waals surface area contributed by atoms with E-state index in [2.05, 4.69) is 140 Å². The normalized spacial score (nSPS) is 11.5. The van der Waals surface area contributed by atoms with Crippen LogP contribution in [-0.4, -0.2) is 15.0 Å². The molecule has 0 aliphatic rings. The molecule has 0 amide bonds. The maximum absolute atomic E-state index is 5.29. The molecule has 10 rings (SSSR count). The number of benzene rings is 7. The van der Waals surface area contributed by atoms with E-state index >= 15 is 0 Å². The van der Waals surface area contributed by atoms with Crippen molar-refractivity contribution in [3.63, 3.8) is 0 Å². The highest BCUT2D eigenvalue weighted by atomic mass is 32.1. The van der Waals surface area contributed by atoms with E-state index in [4.69, 9.17) is 15.0 Å². The standard InChI is InChI=1S/C47H29N3S/c1-4-12-31(13-5-1)40-29-41(50-47(49-40)34-16-8-3-9-17-34)32-22-20-30(21-23-32)35-24-26-39-38(28-35)44-37(46(48-39)33-14-6-2-7-15-33)25-27-43-45(44)36-18-10-11-19-42(36)51-43/h1-29H. The highest BCUT2D eigenvalue weighted by molar-refractivity contribution is 7.26. The van der Waals surface area contributed by atoms with Crippen molar-refractivity contribution in [2.75, 3.05) is 0 Å². The van der Waals surface area contributed by atoms with Crippen LogP contribution < -0.4 is 0 Å². The Morgan fingerprint density at radius 3 is 1.65 bits per heavy atom. The fraction of sp³-hybridized carbons (Fsp3) is 0. The first-order chi connectivity index (χ1) is 25.3. The number of nitrogens with zero attached hydrogens (tertiary/aromatic N) is 3. The van der Waals surface area contributed by atoms with E-state index in [1.807, 2.05) is 47.7 Å². The fourth-order valence-electron chi connectivity index (χ4n) is 7.21. The number of rotatable bonds is 5. The predicted molar refractivity (Wildman–Crippen MR) is 215 cm³/mol. The molecule has 0 saturated carbocycles. The van der Waals surface area contributed by atoms with Gasteiger partial charge in [0.15, 0.2) is 5.82 Å². The van der Waals surface area contributed by atoms with Crippen molar-refractivity contribution >= 4 is 53.2 Å². The van der Waals surface area contributed by atoms with Crippen molar-refractivity contribution in [1.29, 1.82) is 0 Å². The fourth-order valence-corrected chi connectivity index (χ4v) is 8.32. The summed E-state index contributed by atoms with van der Waals surface area (Å²) in [5.41, 5.74) is 10.3. The molecule has 0 N–H and O–H groups in total. The zero-order valence-corrected chi connectivity index (χ0v) is 28.3. The Morgan fingerprint density at radius 2 is 0.922 bits per heavy atom. The molecule has 238 valence electrons. The van der Waals surface area contributed by atoms with Crippen LogP contribution in [0.2, 0.25) is 0 Å². The van der Waals surface area contributed by atoms with Crippen molar-refractivity contribution in [1.82, 2.24) is 15.0 Å². The summed E-state index contributed by atoms with van der Waals surface area (Å²) < 4.78 is 2.59. The first-order valence-electron chi connectivity index (χ1n) is 17.1. The third-order valence-electron chi connectivity index (χ3n) is 9.69. The van der Waals surface area contributed by atoms with Gasteiger partial charge >= 0.3 is 0 Å². The summed E-state index contributed by atoms with van der Waals surface area (Å²) in [6.07, 6.45) is 0. The maximum atomic E-state index is 5.29. The van der Waals surface area contributed by atoms with E-state index in [1.54, 1.807) is 0 Å². The van der Waals surface area contributed by atoms with Crippen LogP contribution in [-0.2, 0) is 0 Å². The third-order valence-corrected chi connectivity index (χ3v) is 10.8. The van der Waals surface area contributed by atoms with Crippen LogP contribution in [0.3, 0.4) is 0 Å². The van der Waals surface area contributed by atoms with Crippen LogP contribution in [0.4, 0.5) is 0 Å². The SMILES string of the molecule is c1ccc(-c2cc(-c3ccc(-c4ccc5nc(-c6ccccc6)c6ccc7sc8ccccc8c7c6c5c4)cc3)nc(-c3ccccc3)n2)cc1. The molecule has 3 nitrogen and oxygen atoms in total. The minimum atomic E-state index is 0.715. The van der Waals surface area contributed by atoms with Gasteiger partial charge in [-0.05, 0) is 41.5 Å². The summed E-state index contributed by atoms with van der Waals surface area (Å²) in [7, 11) is 0. The molecule has 3 aromatic heterocycles. The molecule has 0 fully saturated rings. The van der Waals surface area contributed by atoms with Crippen molar-refractivity contribution in [2.45, 2.75) is 0 Å². The van der Waals surface area contributed by atoms with E-state index in [-0.39, 0.29) is 0 Å². The highest BCUT2D eigenvalue weighted by Gasteiger charge is 2.17. The van der Waals surface area contributed by atoms with Gasteiger partial charge in [-0.25, -0.2) is 15.0 Å². The molecule has 10 aromatic rings. The van der Waals surface area contributed by atoms with Gasteiger partial charge in [0, 0.05) is 58.6 Å². The molecular weight excluding hydrogens is 639 g/mol. The molecular formula is C47H29N3S. The molecule has 0 saturated heterocycles. The van der Waals surface area contributed by atoms with Gasteiger partial charge < -0.3 is 0 Å². The first kappa shape index (κ1) is 29.4. The van der Waals surface area contributed by atoms with Gasteiger partial charge in [0.25, 0.3) is 0 Å². The predicted octanol–water partition coefficient (Wildman–Crippen LogP) is 12.9. The van der Waals surface area contributed by atoms with Crippen LogP contribution >= 0.6 is 11.3 Å². The molecule has 0 aliphatic heterocycles. The minimum absolute atomic E-state index is 0.715. The molecule has 0 atom stereocenters. The minimum Gasteiger partial charge on any atom is -0.247 e. The van der Waals surface area contributed by atoms with Gasteiger partial charge in [-0.3, -0.25) is 0 Å². The summed E-state index contributed by atoms with van der Waals surface area (Å²) >= 11 is 1.85. The Hall–Kier alpha value is -6.49. The monoisotopic (exact) mass is 667 g/mol. The van der Waals surface area contributed by atoms with Crippen molar-refractivity contribution in [3.8, 4) is 56.3 Å². The van der Waals surface area contributed by atoms with Gasteiger partial charge in [0.05, 0.1) is 22.6 Å². The molecule has 4 heteroatoms. The Morgan fingerprint density at radius 1 is 0.333 bits per heavy atom. The molecule has 51 heavy (non-hydrogen) atoms. The average molecular weight is 668 g/mol. The van der Waals surface area contributed by atoms with Crippen molar-refractivity contribution in [2.24, 2.45) is 0 Å². The lowest BCUT2D eigenvalue weighted by atomic mass is 9.94. The zero-order chi connectivity index (χ0) is 33.7. The second kappa shape index (κ2) is 12.1. The van der Waals surface area contributed by atoms with Gasteiger partial charge in [-0.2, -0.15) is 0 Å². The average Bonchev–Trinajstić information content (AvgIpc) is 3.60. The van der Waals surface area contributed by atoms with E-state index in [0.29, 0.717) is 5.82 Å². The van der Waals surface area contributed by atoms with Gasteiger partial charge in [-0.15, -0.1) is 11.3 Å². The highest BCUT2D eigenvalue weighted by Crippen LogP contribution is 2.44. The number of hydrogen-bond donors (Lipinski definition) is 0. The summed E-state index contributed by atoms with van der Waals surface area (Å²) in [4.78, 5) is 15.3. The number of fused-ring (bicyclic) bond motifs is 7. The molecule has 0 unspecified atom stereocenters. The van der Waals surface area contributed by atoms with E-state index in [9.17, 15) is 0 Å². The molecule has 3 heterocycles. The molecule has 7 aromatic carbocycles. The number of pyridine rings is 1. The summed E-state index contributed by atoms with van der Waals surface area (Å²) in [5, 5.41) is 6.19. The Balaban J connectivity index is 1.13. The van der Waals surface area contributed by atoms with Gasteiger partial charge in [-0.1, -0.05) is 146 Å². The Bertz CT molecular complexity index is 2820. The summed E-state index contributed by atoms with van der Waals surface area (Å²) in [6, 6.07) is 61.9. The lowest BCUT2D eigenvalue weighted by Gasteiger charge is -2.13. The van der Waals surface area contributed by atoms with Crippen LogP contribution in [0.15, 0.2) is 176 Å². The quantitative estimate of drug-likeness (QED) is 0.171. The third kappa shape index (κ3) is 5.16. The summed E-state index contributed by atoms with van der Waals surface area (Å²) in [6.45, 7) is 0. The first-order valence-corrected chi connectivity index (χ1v) is 17.9. The van der Waals surface area contributed by atoms with Crippen molar-refractivity contribution < 1.29 is 0 Å². The van der Waals surface area contributed by atoms with Crippen LogP contribution in [0.25, 0.3) is 98.1 Å². The lowest BCUT2D eigenvalue weighted by Crippen LogP contribution is -1.95. The second-order valence-corrected chi connectivity index (χ2v) is 13.9. The number of thiophene rings is 1. The molecule has 0 aliphatic carbocycles. The topological polar surface area (TPSA) is 38.7 Å². The molecule has 0 bridgehead atoms. The summed E-state index contributed by atoms with van der Waals surface area (Å²) in [5.74, 6) is 0.715. The van der Waals surface area contributed by atoms with Crippen molar-refractivity contribution in [3.05, 3.63) is 176 Å². The second-order valence-electron chi connectivity index (χ2n) is 12.8. The smallest absolute Gasteiger partial charge is 0.160 e. The number of hydrogen-bond acceptors (Lipinski definition) is 4. The van der Waals surface area contributed by atoms with E-state index in [0.717, 1.165) is 61.4 Å². The molecule has 0 spiro atoms. The Kier molecular flexibility index (Phi) is 7.00.